The molecule has 1 heterocycles. The Morgan fingerprint density at radius 2 is 1.94 bits per heavy atom. The van der Waals surface area contributed by atoms with Crippen LogP contribution >= 0.6 is 11.3 Å². The van der Waals surface area contributed by atoms with Crippen LogP contribution in [0.1, 0.15) is 4.88 Å². The lowest BCUT2D eigenvalue weighted by molar-refractivity contribution is 0.287. The summed E-state index contributed by atoms with van der Waals surface area (Å²) in [7, 11) is 0.161. The van der Waals surface area contributed by atoms with Gasteiger partial charge in [0.05, 0.1) is 7.11 Å². The molecule has 0 bridgehead atoms. The molecular formula is C12H13BO4S. The van der Waals surface area contributed by atoms with Crippen LogP contribution in [-0.4, -0.2) is 24.3 Å². The Bertz CT molecular complexity index is 512. The molecule has 0 aliphatic rings. The molecule has 2 aromatic rings. The highest BCUT2D eigenvalue weighted by atomic mass is 32.1. The maximum atomic E-state index is 9.01. The van der Waals surface area contributed by atoms with Crippen molar-refractivity contribution in [2.45, 2.75) is 6.61 Å². The largest absolute Gasteiger partial charge is 0.493 e. The van der Waals surface area contributed by atoms with E-state index in [-0.39, 0.29) is 0 Å². The summed E-state index contributed by atoms with van der Waals surface area (Å²) in [6, 6.07) is 9.11. The lowest BCUT2D eigenvalue weighted by Crippen LogP contribution is -2.27. The summed E-state index contributed by atoms with van der Waals surface area (Å²) in [5.74, 6) is 1.34. The molecular weight excluding hydrogens is 251 g/mol. The molecule has 94 valence electrons. The predicted octanol–water partition coefficient (Wildman–Crippen LogP) is 1.02. The second kappa shape index (κ2) is 5.90. The van der Waals surface area contributed by atoms with Crippen molar-refractivity contribution < 1.29 is 19.5 Å². The fraction of sp³-hybridized carbons (Fsp3) is 0.167. The summed E-state index contributed by atoms with van der Waals surface area (Å²) in [5.41, 5.74) is 0.485. The molecule has 0 aliphatic heterocycles. The number of ether oxygens (including phenoxy) is 2. The van der Waals surface area contributed by atoms with E-state index in [0.717, 1.165) is 4.88 Å². The molecule has 0 saturated carbocycles. The average molecular weight is 264 g/mol. The van der Waals surface area contributed by atoms with Crippen LogP contribution in [0.2, 0.25) is 0 Å². The Kier molecular flexibility index (Phi) is 4.25. The van der Waals surface area contributed by atoms with Gasteiger partial charge in [-0.2, -0.15) is 0 Å². The Morgan fingerprint density at radius 1 is 1.22 bits per heavy atom. The van der Waals surface area contributed by atoms with Gasteiger partial charge in [-0.05, 0) is 29.0 Å². The van der Waals surface area contributed by atoms with E-state index < -0.39 is 7.12 Å². The van der Waals surface area contributed by atoms with Gasteiger partial charge in [-0.15, -0.1) is 11.3 Å². The first-order valence-electron chi connectivity index (χ1n) is 5.40. The lowest BCUT2D eigenvalue weighted by atomic mass is 9.83. The summed E-state index contributed by atoms with van der Waals surface area (Å²) < 4.78 is 10.8. The van der Waals surface area contributed by atoms with Gasteiger partial charge < -0.3 is 19.5 Å². The number of hydrogen-bond donors (Lipinski definition) is 2. The van der Waals surface area contributed by atoms with Gasteiger partial charge in [0.15, 0.2) is 11.5 Å². The van der Waals surface area contributed by atoms with Crippen molar-refractivity contribution in [2.75, 3.05) is 7.11 Å². The molecule has 6 heteroatoms. The summed E-state index contributed by atoms with van der Waals surface area (Å²) >= 11 is 1.42. The zero-order valence-electron chi connectivity index (χ0n) is 9.87. The highest BCUT2D eigenvalue weighted by Crippen LogP contribution is 2.26. The molecule has 4 nitrogen and oxygen atoms in total. The SMILES string of the molecule is COc1ccccc1OCc1cc(B(O)O)cs1. The Balaban J connectivity index is 2.02. The minimum atomic E-state index is -1.43. The van der Waals surface area contributed by atoms with E-state index >= 15 is 0 Å². The normalized spacial score (nSPS) is 10.2. The van der Waals surface area contributed by atoms with E-state index in [4.69, 9.17) is 19.5 Å². The number of hydrogen-bond acceptors (Lipinski definition) is 5. The minimum Gasteiger partial charge on any atom is -0.493 e. The van der Waals surface area contributed by atoms with E-state index in [0.29, 0.717) is 23.6 Å². The molecule has 1 aromatic heterocycles. The number of methoxy groups -OCH3 is 1. The van der Waals surface area contributed by atoms with Gasteiger partial charge in [-0.1, -0.05) is 12.1 Å². The summed E-state index contributed by atoms with van der Waals surface area (Å²) in [5, 5.41) is 19.7. The fourth-order valence-electron chi connectivity index (χ4n) is 1.50. The van der Waals surface area contributed by atoms with Crippen LogP contribution in [0.5, 0.6) is 11.5 Å². The molecule has 0 unspecified atom stereocenters. The Morgan fingerprint density at radius 3 is 2.56 bits per heavy atom. The summed E-state index contributed by atoms with van der Waals surface area (Å²) in [6.45, 7) is 0.373. The van der Waals surface area contributed by atoms with Crippen molar-refractivity contribution in [3.63, 3.8) is 0 Å². The summed E-state index contributed by atoms with van der Waals surface area (Å²) in [6.07, 6.45) is 0. The number of para-hydroxylation sites is 2. The fourth-order valence-corrected chi connectivity index (χ4v) is 2.30. The molecule has 18 heavy (non-hydrogen) atoms. The number of thiophene rings is 1. The van der Waals surface area contributed by atoms with Crippen molar-refractivity contribution >= 4 is 23.9 Å². The van der Waals surface area contributed by atoms with E-state index in [9.17, 15) is 0 Å². The molecule has 0 spiro atoms. The standard InChI is InChI=1S/C12H13BO4S/c1-16-11-4-2-3-5-12(11)17-7-10-6-9(8-18-10)13(14)15/h2-6,8,14-15H,7H2,1H3. The lowest BCUT2D eigenvalue weighted by Gasteiger charge is -2.08. The van der Waals surface area contributed by atoms with Gasteiger partial charge in [-0.25, -0.2) is 0 Å². The maximum Gasteiger partial charge on any atom is 0.489 e. The third-order valence-electron chi connectivity index (χ3n) is 2.41. The van der Waals surface area contributed by atoms with Gasteiger partial charge in [0.2, 0.25) is 0 Å². The Labute approximate surface area is 110 Å². The van der Waals surface area contributed by atoms with Crippen LogP contribution in [0.3, 0.4) is 0 Å². The quantitative estimate of drug-likeness (QED) is 0.791. The predicted molar refractivity (Wildman–Crippen MR) is 71.5 cm³/mol. The smallest absolute Gasteiger partial charge is 0.489 e. The first-order chi connectivity index (χ1) is 8.70. The van der Waals surface area contributed by atoms with Gasteiger partial charge in [0.1, 0.15) is 6.61 Å². The van der Waals surface area contributed by atoms with Gasteiger partial charge >= 0.3 is 7.12 Å². The molecule has 2 N–H and O–H groups in total. The molecule has 0 fully saturated rings. The van der Waals surface area contributed by atoms with E-state index in [1.165, 1.54) is 11.3 Å². The van der Waals surface area contributed by atoms with Crippen molar-refractivity contribution in [3.8, 4) is 11.5 Å². The molecule has 0 aliphatic carbocycles. The molecule has 0 amide bonds. The first-order valence-corrected chi connectivity index (χ1v) is 6.28. The van der Waals surface area contributed by atoms with Crippen molar-refractivity contribution in [1.29, 1.82) is 0 Å². The first kappa shape index (κ1) is 12.9. The van der Waals surface area contributed by atoms with Crippen LogP contribution in [0.4, 0.5) is 0 Å². The molecule has 2 rings (SSSR count). The average Bonchev–Trinajstić information content (AvgIpc) is 2.85. The van der Waals surface area contributed by atoms with Crippen molar-refractivity contribution in [1.82, 2.24) is 0 Å². The second-order valence-electron chi connectivity index (χ2n) is 3.66. The van der Waals surface area contributed by atoms with Crippen molar-refractivity contribution in [3.05, 3.63) is 40.6 Å². The van der Waals surface area contributed by atoms with Gasteiger partial charge in [-0.3, -0.25) is 0 Å². The van der Waals surface area contributed by atoms with E-state index in [1.54, 1.807) is 18.6 Å². The molecule has 1 aromatic carbocycles. The molecule has 0 saturated heterocycles. The zero-order valence-corrected chi connectivity index (χ0v) is 10.7. The third kappa shape index (κ3) is 3.04. The van der Waals surface area contributed by atoms with Gasteiger partial charge in [0.25, 0.3) is 0 Å². The topological polar surface area (TPSA) is 58.9 Å². The second-order valence-corrected chi connectivity index (χ2v) is 4.66. The van der Waals surface area contributed by atoms with E-state index in [1.807, 2.05) is 24.3 Å². The zero-order chi connectivity index (χ0) is 13.0. The maximum absolute atomic E-state index is 9.01. The molecule has 0 atom stereocenters. The van der Waals surface area contributed by atoms with Crippen LogP contribution < -0.4 is 14.9 Å². The van der Waals surface area contributed by atoms with Crippen LogP contribution in [0.25, 0.3) is 0 Å². The number of benzene rings is 1. The highest BCUT2D eigenvalue weighted by molar-refractivity contribution is 7.11. The van der Waals surface area contributed by atoms with Gasteiger partial charge in [0, 0.05) is 4.88 Å². The number of rotatable bonds is 5. The van der Waals surface area contributed by atoms with Crippen molar-refractivity contribution in [2.24, 2.45) is 0 Å². The van der Waals surface area contributed by atoms with E-state index in [2.05, 4.69) is 0 Å². The Hall–Kier alpha value is -1.50. The molecule has 0 radical (unpaired) electrons. The van der Waals surface area contributed by atoms with Crippen LogP contribution in [-0.2, 0) is 6.61 Å². The minimum absolute atomic E-state index is 0.373. The van der Waals surface area contributed by atoms with Crippen LogP contribution in [0, 0.1) is 0 Å². The van der Waals surface area contributed by atoms with Crippen LogP contribution in [0.15, 0.2) is 35.7 Å². The monoisotopic (exact) mass is 264 g/mol. The third-order valence-corrected chi connectivity index (χ3v) is 3.34. The highest BCUT2D eigenvalue weighted by Gasteiger charge is 2.13. The summed E-state index contributed by atoms with van der Waals surface area (Å²) in [4.78, 5) is 0.920.